The van der Waals surface area contributed by atoms with E-state index >= 15 is 0 Å². The van der Waals surface area contributed by atoms with Crippen molar-refractivity contribution in [3.63, 3.8) is 0 Å². The lowest BCUT2D eigenvalue weighted by atomic mass is 10.0. The summed E-state index contributed by atoms with van der Waals surface area (Å²) in [4.78, 5) is 8.39. The minimum Gasteiger partial charge on any atom is -0.316 e. The van der Waals surface area contributed by atoms with Gasteiger partial charge in [0.2, 0.25) is 0 Å². The zero-order chi connectivity index (χ0) is 9.68. The molecule has 0 bridgehead atoms. The molecule has 0 saturated heterocycles. The number of rotatable bonds is 4. The van der Waals surface area contributed by atoms with Crippen LogP contribution < -0.4 is 5.32 Å². The molecule has 0 spiro atoms. The lowest BCUT2D eigenvalue weighted by Gasteiger charge is -2.18. The number of nitrogens with zero attached hydrogens (tertiary/aromatic N) is 2. The van der Waals surface area contributed by atoms with Crippen LogP contribution >= 0.6 is 0 Å². The van der Waals surface area contributed by atoms with Crippen molar-refractivity contribution in [1.82, 2.24) is 15.3 Å². The third kappa shape index (κ3) is 2.36. The van der Waals surface area contributed by atoms with Gasteiger partial charge in [-0.05, 0) is 20.0 Å². The summed E-state index contributed by atoms with van der Waals surface area (Å²) in [6.07, 6.45) is 5.37. The van der Waals surface area contributed by atoms with Crippen molar-refractivity contribution in [2.45, 2.75) is 18.9 Å². The molecule has 0 aliphatic heterocycles. The lowest BCUT2D eigenvalue weighted by molar-refractivity contribution is 0.539. The summed E-state index contributed by atoms with van der Waals surface area (Å²) in [6.45, 7) is 5.87. The molecule has 0 saturated carbocycles. The molecule has 1 aromatic rings. The fourth-order valence-electron chi connectivity index (χ4n) is 1.20. The Morgan fingerprint density at radius 3 is 2.54 bits per heavy atom. The van der Waals surface area contributed by atoms with E-state index in [9.17, 15) is 0 Å². The molecular weight excluding hydrogens is 162 g/mol. The summed E-state index contributed by atoms with van der Waals surface area (Å²) in [6, 6.07) is 2.12. The first-order valence-corrected chi connectivity index (χ1v) is 4.36. The van der Waals surface area contributed by atoms with Crippen molar-refractivity contribution in [3.05, 3.63) is 36.9 Å². The Balaban J connectivity index is 2.84. The van der Waals surface area contributed by atoms with Crippen molar-refractivity contribution in [1.29, 1.82) is 0 Å². The molecule has 13 heavy (non-hydrogen) atoms. The van der Waals surface area contributed by atoms with Crippen molar-refractivity contribution >= 4 is 0 Å². The highest BCUT2D eigenvalue weighted by molar-refractivity contribution is 5.08. The Hall–Kier alpha value is -1.22. The molecule has 0 aromatic carbocycles. The molecule has 70 valence electrons. The van der Waals surface area contributed by atoms with E-state index in [2.05, 4.69) is 28.8 Å². The maximum Gasteiger partial charge on any atom is 0.136 e. The Morgan fingerprint density at radius 2 is 2.08 bits per heavy atom. The molecule has 0 aliphatic carbocycles. The summed E-state index contributed by atoms with van der Waals surface area (Å²) >= 11 is 0. The van der Waals surface area contributed by atoms with Crippen LogP contribution in [-0.4, -0.2) is 23.1 Å². The summed E-state index contributed by atoms with van der Waals surface area (Å²) in [5.74, 6) is 0.991. The highest BCUT2D eigenvalue weighted by atomic mass is 14.9. The normalized spacial score (nSPS) is 14.9. The molecule has 1 unspecified atom stereocenters. The second-order valence-electron chi connectivity index (χ2n) is 2.95. The van der Waals surface area contributed by atoms with Crippen LogP contribution in [0.15, 0.2) is 31.1 Å². The minimum atomic E-state index is 0.172. The van der Waals surface area contributed by atoms with Gasteiger partial charge in [-0.1, -0.05) is 6.08 Å². The molecule has 3 heteroatoms. The number of hydrogen-bond acceptors (Lipinski definition) is 3. The molecule has 0 radical (unpaired) electrons. The Kier molecular flexibility index (Phi) is 3.58. The minimum absolute atomic E-state index is 0.172. The molecule has 2 atom stereocenters. The van der Waals surface area contributed by atoms with Crippen LogP contribution in [0.3, 0.4) is 0 Å². The first-order valence-electron chi connectivity index (χ1n) is 4.36. The highest BCUT2D eigenvalue weighted by Gasteiger charge is 2.16. The molecular formula is C10H15N3. The summed E-state index contributed by atoms with van der Waals surface area (Å²) < 4.78 is 0. The van der Waals surface area contributed by atoms with Gasteiger partial charge in [0, 0.05) is 18.4 Å². The van der Waals surface area contributed by atoms with Crippen molar-refractivity contribution in [3.8, 4) is 0 Å². The van der Waals surface area contributed by atoms with Gasteiger partial charge in [-0.25, -0.2) is 9.97 Å². The largest absolute Gasteiger partial charge is 0.316 e. The quantitative estimate of drug-likeness (QED) is 0.705. The van der Waals surface area contributed by atoms with E-state index in [1.165, 1.54) is 0 Å². The number of hydrogen-bond donors (Lipinski definition) is 1. The molecule has 1 aromatic heterocycles. The summed E-state index contributed by atoms with van der Waals surface area (Å²) in [5.41, 5.74) is 0. The number of nitrogens with one attached hydrogen (secondary N) is 1. The molecule has 1 heterocycles. The van der Waals surface area contributed by atoms with Gasteiger partial charge in [-0.15, -0.1) is 6.58 Å². The first-order chi connectivity index (χ1) is 6.29. The summed E-state index contributed by atoms with van der Waals surface area (Å²) in [5, 5.41) is 3.16. The third-order valence-electron chi connectivity index (χ3n) is 2.13. The van der Waals surface area contributed by atoms with Gasteiger partial charge in [0.15, 0.2) is 0 Å². The van der Waals surface area contributed by atoms with E-state index in [-0.39, 0.29) is 5.92 Å². The van der Waals surface area contributed by atoms with E-state index in [1.54, 1.807) is 12.4 Å². The van der Waals surface area contributed by atoms with Crippen LogP contribution in [0.4, 0.5) is 0 Å². The first kappa shape index (κ1) is 9.86. The number of likely N-dealkylation sites (N-methyl/N-ethyl adjacent to an activating group) is 1. The zero-order valence-electron chi connectivity index (χ0n) is 8.07. The smallest absolute Gasteiger partial charge is 0.136 e. The molecule has 1 rings (SSSR count). The van der Waals surface area contributed by atoms with Crippen LogP contribution in [0.2, 0.25) is 0 Å². The second-order valence-corrected chi connectivity index (χ2v) is 2.95. The van der Waals surface area contributed by atoms with Gasteiger partial charge in [0.1, 0.15) is 5.82 Å². The van der Waals surface area contributed by atoms with Crippen molar-refractivity contribution in [2.75, 3.05) is 7.05 Å². The van der Waals surface area contributed by atoms with Gasteiger partial charge in [-0.3, -0.25) is 0 Å². The van der Waals surface area contributed by atoms with Crippen molar-refractivity contribution in [2.24, 2.45) is 0 Å². The Morgan fingerprint density at radius 1 is 1.46 bits per heavy atom. The lowest BCUT2D eigenvalue weighted by Crippen LogP contribution is -2.28. The SMILES string of the molecule is C=CC(c1ncccn1)[C@H](C)NC. The van der Waals surface area contributed by atoms with E-state index in [0.717, 1.165) is 5.82 Å². The standard InChI is InChI=1S/C10H15N3/c1-4-9(8(2)11-3)10-12-6-5-7-13-10/h4-9,11H,1H2,2-3H3/t8-,9?/m0/s1. The van der Waals surface area contributed by atoms with E-state index in [4.69, 9.17) is 0 Å². The zero-order valence-corrected chi connectivity index (χ0v) is 8.07. The molecule has 0 fully saturated rings. The monoisotopic (exact) mass is 177 g/mol. The maximum absolute atomic E-state index is 4.20. The fraction of sp³-hybridized carbons (Fsp3) is 0.400. The van der Waals surface area contributed by atoms with Crippen molar-refractivity contribution < 1.29 is 0 Å². The highest BCUT2D eigenvalue weighted by Crippen LogP contribution is 2.15. The van der Waals surface area contributed by atoms with Gasteiger partial charge >= 0.3 is 0 Å². The summed E-state index contributed by atoms with van der Waals surface area (Å²) in [7, 11) is 1.92. The predicted octanol–water partition coefficient (Wildman–Crippen LogP) is 1.35. The molecule has 3 nitrogen and oxygen atoms in total. The van der Waals surface area contributed by atoms with Crippen LogP contribution in [0.25, 0.3) is 0 Å². The van der Waals surface area contributed by atoms with Crippen LogP contribution in [0, 0.1) is 0 Å². The predicted molar refractivity (Wildman–Crippen MR) is 53.5 cm³/mol. The molecule has 0 amide bonds. The van der Waals surface area contributed by atoms with Crippen LogP contribution in [0.5, 0.6) is 0 Å². The van der Waals surface area contributed by atoms with E-state index in [1.807, 2.05) is 19.2 Å². The van der Waals surface area contributed by atoms with Gasteiger partial charge in [0.25, 0.3) is 0 Å². The second kappa shape index (κ2) is 4.72. The van der Waals surface area contributed by atoms with Crippen LogP contribution in [0.1, 0.15) is 18.7 Å². The van der Waals surface area contributed by atoms with Gasteiger partial charge in [0.05, 0.1) is 5.92 Å². The maximum atomic E-state index is 4.20. The van der Waals surface area contributed by atoms with E-state index < -0.39 is 0 Å². The fourth-order valence-corrected chi connectivity index (χ4v) is 1.20. The topological polar surface area (TPSA) is 37.8 Å². The molecule has 0 aliphatic rings. The average molecular weight is 177 g/mol. The Bertz CT molecular complexity index is 258. The number of aromatic nitrogens is 2. The van der Waals surface area contributed by atoms with E-state index in [0.29, 0.717) is 6.04 Å². The van der Waals surface area contributed by atoms with Gasteiger partial charge < -0.3 is 5.32 Å². The Labute approximate surface area is 78.9 Å². The van der Waals surface area contributed by atoms with Crippen LogP contribution in [-0.2, 0) is 0 Å². The molecule has 1 N–H and O–H groups in total. The van der Waals surface area contributed by atoms with Gasteiger partial charge in [-0.2, -0.15) is 0 Å². The third-order valence-corrected chi connectivity index (χ3v) is 2.13. The average Bonchev–Trinajstić information content (AvgIpc) is 2.20.